The Bertz CT molecular complexity index is 1570. The van der Waals surface area contributed by atoms with E-state index < -0.39 is 20.9 Å². The van der Waals surface area contributed by atoms with Crippen molar-refractivity contribution in [3.05, 3.63) is 114 Å². The van der Waals surface area contributed by atoms with Gasteiger partial charge in [0.15, 0.2) is 0 Å². The number of nitrogens with zero attached hydrogens (tertiary/aromatic N) is 2. The summed E-state index contributed by atoms with van der Waals surface area (Å²) < 4.78 is 54.1. The number of benzene rings is 4. The summed E-state index contributed by atoms with van der Waals surface area (Å²) in [6.07, 6.45) is 1.51. The van der Waals surface area contributed by atoms with E-state index in [1.54, 1.807) is 84.9 Å². The second-order valence-corrected chi connectivity index (χ2v) is 10.7. The number of para-hydroxylation sites is 3. The van der Waals surface area contributed by atoms with Crippen LogP contribution in [0.15, 0.2) is 107 Å². The average Bonchev–Trinajstić information content (AvgIpc) is 2.85. The van der Waals surface area contributed by atoms with Gasteiger partial charge in [-0.05, 0) is 56.3 Å². The molecule has 4 aromatic rings. The highest BCUT2D eigenvalue weighted by molar-refractivity contribution is 7.92. The van der Waals surface area contributed by atoms with Gasteiger partial charge < -0.3 is 0 Å². The standard InChI is InChI=1S/C27H25N3O4S2/c1-20-11-15-23(16-12-20)30(35(31)32)27-10-6-5-9-26(27)28-19-22-7-3-4-8-25(22)29-36(33,34)24-17-13-21(2)14-18-24/h3-19,29,35H,1-2H3. The number of nitrogens with one attached hydrogen (secondary N) is 1. The highest BCUT2D eigenvalue weighted by Crippen LogP contribution is 2.34. The molecule has 0 fully saturated rings. The molecule has 0 spiro atoms. The largest absolute Gasteiger partial charge is 0.279 e. The molecule has 36 heavy (non-hydrogen) atoms. The number of anilines is 3. The van der Waals surface area contributed by atoms with Gasteiger partial charge in [-0.1, -0.05) is 65.7 Å². The Kier molecular flexibility index (Phi) is 7.52. The molecule has 0 saturated heterocycles. The number of aryl methyl sites for hydroxylation is 2. The van der Waals surface area contributed by atoms with E-state index in [9.17, 15) is 16.8 Å². The topological polar surface area (TPSA) is 95.9 Å². The van der Waals surface area contributed by atoms with Crippen LogP contribution < -0.4 is 9.03 Å². The van der Waals surface area contributed by atoms with E-state index in [2.05, 4.69) is 9.71 Å². The molecule has 0 radical (unpaired) electrons. The van der Waals surface area contributed by atoms with Crippen LogP contribution in [0.2, 0.25) is 0 Å². The van der Waals surface area contributed by atoms with Gasteiger partial charge in [0.25, 0.3) is 10.0 Å². The highest BCUT2D eigenvalue weighted by Gasteiger charge is 2.17. The first-order chi connectivity index (χ1) is 17.2. The monoisotopic (exact) mass is 519 g/mol. The van der Waals surface area contributed by atoms with E-state index in [4.69, 9.17) is 0 Å². The summed E-state index contributed by atoms with van der Waals surface area (Å²) in [6, 6.07) is 27.4. The SMILES string of the molecule is Cc1ccc(N(c2ccccc2N=Cc2ccccc2NS(=O)(=O)c2ccc(C)cc2)[SH](=O)=O)cc1. The van der Waals surface area contributed by atoms with Gasteiger partial charge in [-0.2, -0.15) is 0 Å². The van der Waals surface area contributed by atoms with Crippen LogP contribution in [0.5, 0.6) is 0 Å². The number of aliphatic imine (C=N–C) groups is 1. The molecule has 0 amide bonds. The first kappa shape index (κ1) is 25.2. The summed E-state index contributed by atoms with van der Waals surface area (Å²) in [5, 5.41) is 0. The molecule has 0 aliphatic rings. The minimum Gasteiger partial charge on any atom is -0.279 e. The highest BCUT2D eigenvalue weighted by atomic mass is 32.2. The fourth-order valence-corrected chi connectivity index (χ4v) is 5.28. The van der Waals surface area contributed by atoms with E-state index in [1.165, 1.54) is 10.5 Å². The van der Waals surface area contributed by atoms with Crippen LogP contribution in [0.1, 0.15) is 16.7 Å². The lowest BCUT2D eigenvalue weighted by Gasteiger charge is -2.19. The Morgan fingerprint density at radius 2 is 1.36 bits per heavy atom. The quantitative estimate of drug-likeness (QED) is 0.237. The summed E-state index contributed by atoms with van der Waals surface area (Å²) in [4.78, 5) is 4.68. The third-order valence-corrected chi connectivity index (χ3v) is 7.59. The van der Waals surface area contributed by atoms with Gasteiger partial charge >= 0.3 is 0 Å². The van der Waals surface area contributed by atoms with Crippen molar-refractivity contribution in [3.63, 3.8) is 0 Å². The molecule has 4 rings (SSSR count). The number of sulfonamides is 1. The van der Waals surface area contributed by atoms with Crippen molar-refractivity contribution in [1.29, 1.82) is 0 Å². The zero-order valence-electron chi connectivity index (χ0n) is 19.7. The molecule has 4 aromatic carbocycles. The molecule has 0 aliphatic heterocycles. The van der Waals surface area contributed by atoms with Crippen molar-refractivity contribution in [1.82, 2.24) is 0 Å². The maximum atomic E-state index is 12.9. The molecule has 9 heteroatoms. The van der Waals surface area contributed by atoms with Gasteiger partial charge in [0.1, 0.15) is 0 Å². The summed E-state index contributed by atoms with van der Waals surface area (Å²) in [7, 11) is -6.80. The molecule has 0 heterocycles. The van der Waals surface area contributed by atoms with Crippen molar-refractivity contribution >= 4 is 49.9 Å². The van der Waals surface area contributed by atoms with Gasteiger partial charge in [-0.15, -0.1) is 0 Å². The third kappa shape index (κ3) is 5.81. The first-order valence-corrected chi connectivity index (χ1v) is 13.7. The molecule has 7 nitrogen and oxygen atoms in total. The summed E-state index contributed by atoms with van der Waals surface area (Å²) >= 11 is 0. The summed E-state index contributed by atoms with van der Waals surface area (Å²) in [5.41, 5.74) is 4.13. The zero-order valence-corrected chi connectivity index (χ0v) is 21.4. The maximum Gasteiger partial charge on any atom is 0.261 e. The summed E-state index contributed by atoms with van der Waals surface area (Å²) in [6.45, 7) is 3.81. The predicted octanol–water partition coefficient (Wildman–Crippen LogP) is 5.52. The van der Waals surface area contributed by atoms with Crippen LogP contribution in [0.3, 0.4) is 0 Å². The molecule has 0 aliphatic carbocycles. The molecule has 0 aromatic heterocycles. The Balaban J connectivity index is 1.68. The normalized spacial score (nSPS) is 11.6. The van der Waals surface area contributed by atoms with Crippen molar-refractivity contribution in [3.8, 4) is 0 Å². The van der Waals surface area contributed by atoms with Crippen LogP contribution in [-0.4, -0.2) is 23.1 Å². The van der Waals surface area contributed by atoms with Crippen molar-refractivity contribution < 1.29 is 16.8 Å². The number of thiol groups is 1. The van der Waals surface area contributed by atoms with Crippen molar-refractivity contribution in [2.75, 3.05) is 9.03 Å². The van der Waals surface area contributed by atoms with Crippen molar-refractivity contribution in [2.24, 2.45) is 4.99 Å². The van der Waals surface area contributed by atoms with E-state index in [0.29, 0.717) is 28.3 Å². The Labute approximate surface area is 212 Å². The fourth-order valence-electron chi connectivity index (χ4n) is 3.52. The van der Waals surface area contributed by atoms with E-state index in [0.717, 1.165) is 11.1 Å². The average molecular weight is 520 g/mol. The lowest BCUT2D eigenvalue weighted by molar-refractivity contribution is 0.601. The number of hydrogen-bond acceptors (Lipinski definition) is 5. The van der Waals surface area contributed by atoms with Crippen LogP contribution in [-0.2, 0) is 20.9 Å². The molecule has 184 valence electrons. The van der Waals surface area contributed by atoms with Crippen LogP contribution in [0.25, 0.3) is 0 Å². The van der Waals surface area contributed by atoms with E-state index >= 15 is 0 Å². The Morgan fingerprint density at radius 3 is 2.03 bits per heavy atom. The lowest BCUT2D eigenvalue weighted by Crippen LogP contribution is -2.14. The zero-order chi connectivity index (χ0) is 25.7. The smallest absolute Gasteiger partial charge is 0.261 e. The minimum atomic E-state index is -3.81. The molecule has 0 atom stereocenters. The third-order valence-electron chi connectivity index (χ3n) is 5.43. The van der Waals surface area contributed by atoms with Gasteiger partial charge in [0, 0.05) is 11.8 Å². The molecule has 0 saturated carbocycles. The van der Waals surface area contributed by atoms with Gasteiger partial charge in [-0.3, -0.25) is 9.71 Å². The number of hydrogen-bond donors (Lipinski definition) is 2. The van der Waals surface area contributed by atoms with Crippen molar-refractivity contribution in [2.45, 2.75) is 18.7 Å². The second kappa shape index (κ2) is 10.8. The predicted molar refractivity (Wildman–Crippen MR) is 146 cm³/mol. The second-order valence-electron chi connectivity index (χ2n) is 8.14. The maximum absolute atomic E-state index is 12.9. The van der Waals surface area contributed by atoms with Crippen LogP contribution in [0.4, 0.5) is 22.7 Å². The summed E-state index contributed by atoms with van der Waals surface area (Å²) in [5.74, 6) is 0. The fraction of sp³-hybridized carbons (Fsp3) is 0.0741. The van der Waals surface area contributed by atoms with Crippen LogP contribution in [0, 0.1) is 13.8 Å². The Hall–Kier alpha value is -3.95. The van der Waals surface area contributed by atoms with Gasteiger partial charge in [0.05, 0.1) is 27.6 Å². The van der Waals surface area contributed by atoms with E-state index in [-0.39, 0.29) is 4.90 Å². The molecule has 0 unspecified atom stereocenters. The van der Waals surface area contributed by atoms with Crippen LogP contribution >= 0.6 is 0 Å². The molecule has 0 bridgehead atoms. The van der Waals surface area contributed by atoms with Gasteiger partial charge in [-0.25, -0.2) is 21.1 Å². The number of rotatable bonds is 8. The Morgan fingerprint density at radius 1 is 0.778 bits per heavy atom. The molecule has 1 N–H and O–H groups in total. The first-order valence-electron chi connectivity index (χ1n) is 11.1. The minimum absolute atomic E-state index is 0.151. The molecular weight excluding hydrogens is 494 g/mol. The lowest BCUT2D eigenvalue weighted by atomic mass is 10.2. The van der Waals surface area contributed by atoms with E-state index in [1.807, 2.05) is 26.0 Å². The molecular formula is C27H25N3O4S2. The van der Waals surface area contributed by atoms with Gasteiger partial charge in [0.2, 0.25) is 10.9 Å².